The quantitative estimate of drug-likeness (QED) is 0.688. The third-order valence-electron chi connectivity index (χ3n) is 2.95. The number of hydrogen-bond donors (Lipinski definition) is 1. The third kappa shape index (κ3) is 2.39. The van der Waals surface area contributed by atoms with E-state index in [0.29, 0.717) is 10.8 Å². The van der Waals surface area contributed by atoms with Crippen molar-refractivity contribution in [3.63, 3.8) is 0 Å². The lowest BCUT2D eigenvalue weighted by Gasteiger charge is -1.97. The second-order valence-electron chi connectivity index (χ2n) is 4.28. The number of nitrogens with one attached hydrogen (secondary N) is 1. The molecule has 0 radical (unpaired) electrons. The van der Waals surface area contributed by atoms with Gasteiger partial charge < -0.3 is 0 Å². The van der Waals surface area contributed by atoms with Crippen molar-refractivity contribution in [1.29, 1.82) is 0 Å². The molecule has 9 heteroatoms. The molecule has 0 aromatic carbocycles. The first-order valence-electron chi connectivity index (χ1n) is 5.74. The van der Waals surface area contributed by atoms with Gasteiger partial charge in [-0.2, -0.15) is 5.10 Å². The summed E-state index contributed by atoms with van der Waals surface area (Å²) >= 11 is 1.32. The predicted molar refractivity (Wildman–Crippen MR) is 74.1 cm³/mol. The Morgan fingerprint density at radius 2 is 2.05 bits per heavy atom. The van der Waals surface area contributed by atoms with Gasteiger partial charge in [0.1, 0.15) is 5.69 Å². The van der Waals surface area contributed by atoms with Crippen molar-refractivity contribution in [2.24, 2.45) is 7.05 Å². The van der Waals surface area contributed by atoms with Crippen molar-refractivity contribution in [2.75, 3.05) is 5.32 Å². The molecule has 0 aliphatic carbocycles. The van der Waals surface area contributed by atoms with Crippen LogP contribution in [0.4, 0.5) is 10.8 Å². The van der Waals surface area contributed by atoms with Gasteiger partial charge in [0.25, 0.3) is 5.91 Å². The lowest BCUT2D eigenvalue weighted by molar-refractivity contribution is -0.385. The van der Waals surface area contributed by atoms with Crippen LogP contribution in [-0.4, -0.2) is 25.6 Å². The van der Waals surface area contributed by atoms with E-state index in [1.165, 1.54) is 16.0 Å². The fraction of sp³-hybridized carbons (Fsp3) is 0.364. The second-order valence-corrected chi connectivity index (χ2v) is 5.48. The molecule has 0 bridgehead atoms. The molecular weight excluding hydrogens is 282 g/mol. The Balaban J connectivity index is 2.34. The molecule has 2 aromatic heterocycles. The average molecular weight is 295 g/mol. The molecule has 0 saturated carbocycles. The first-order valence-corrected chi connectivity index (χ1v) is 6.56. The maximum absolute atomic E-state index is 12.1. The zero-order chi connectivity index (χ0) is 15.0. The smallest absolute Gasteiger partial charge is 0.296 e. The number of rotatable bonds is 3. The first kappa shape index (κ1) is 14.1. The van der Waals surface area contributed by atoms with Crippen LogP contribution in [0.25, 0.3) is 0 Å². The minimum atomic E-state index is -0.630. The number of nitro groups is 1. The molecule has 2 heterocycles. The number of nitrogens with zero attached hydrogens (tertiary/aromatic N) is 4. The van der Waals surface area contributed by atoms with E-state index in [9.17, 15) is 14.9 Å². The van der Waals surface area contributed by atoms with Gasteiger partial charge in [0.15, 0.2) is 5.13 Å². The summed E-state index contributed by atoms with van der Waals surface area (Å²) in [6.07, 6.45) is 0. The molecule has 0 aliphatic rings. The molecule has 2 rings (SSSR count). The molecular formula is C11H13N5O3S. The summed E-state index contributed by atoms with van der Waals surface area (Å²) in [5.41, 5.74) is 0.652. The van der Waals surface area contributed by atoms with E-state index in [-0.39, 0.29) is 11.4 Å². The summed E-state index contributed by atoms with van der Waals surface area (Å²) in [6.45, 7) is 5.25. The van der Waals surface area contributed by atoms with Crippen LogP contribution in [0, 0.1) is 30.9 Å². The number of amides is 1. The molecule has 106 valence electrons. The van der Waals surface area contributed by atoms with Crippen LogP contribution in [0.2, 0.25) is 0 Å². The van der Waals surface area contributed by atoms with Gasteiger partial charge in [0, 0.05) is 11.9 Å². The van der Waals surface area contributed by atoms with Crippen molar-refractivity contribution >= 4 is 28.1 Å². The van der Waals surface area contributed by atoms with Crippen LogP contribution in [0.1, 0.15) is 26.8 Å². The second kappa shape index (κ2) is 5.00. The molecule has 1 N–H and O–H groups in total. The zero-order valence-corrected chi connectivity index (χ0v) is 12.2. The Morgan fingerprint density at radius 3 is 2.55 bits per heavy atom. The van der Waals surface area contributed by atoms with Crippen molar-refractivity contribution in [3.8, 4) is 0 Å². The average Bonchev–Trinajstić information content (AvgIpc) is 2.81. The van der Waals surface area contributed by atoms with E-state index in [1.54, 1.807) is 14.0 Å². The van der Waals surface area contributed by atoms with Crippen molar-refractivity contribution in [3.05, 3.63) is 32.1 Å². The molecule has 8 nitrogen and oxygen atoms in total. The highest BCUT2D eigenvalue weighted by Gasteiger charge is 2.29. The van der Waals surface area contributed by atoms with Gasteiger partial charge in [-0.05, 0) is 20.8 Å². The van der Waals surface area contributed by atoms with Crippen LogP contribution < -0.4 is 5.32 Å². The zero-order valence-electron chi connectivity index (χ0n) is 11.4. The van der Waals surface area contributed by atoms with E-state index in [4.69, 9.17) is 0 Å². The maximum Gasteiger partial charge on any atom is 0.322 e. The number of hydrogen-bond acceptors (Lipinski definition) is 6. The van der Waals surface area contributed by atoms with Crippen LogP contribution >= 0.6 is 11.3 Å². The highest BCUT2D eigenvalue weighted by atomic mass is 32.1. The SMILES string of the molecule is Cc1nc(NC(=O)c2nn(C)c(C)c2[N+](=O)[O-])sc1C. The largest absolute Gasteiger partial charge is 0.322 e. The Labute approximate surface area is 118 Å². The van der Waals surface area contributed by atoms with Crippen molar-refractivity contribution in [2.45, 2.75) is 20.8 Å². The molecule has 0 unspecified atom stereocenters. The fourth-order valence-electron chi connectivity index (χ4n) is 1.65. The molecule has 1 amide bonds. The summed E-state index contributed by atoms with van der Waals surface area (Å²) in [4.78, 5) is 27.7. The van der Waals surface area contributed by atoms with Gasteiger partial charge in [-0.15, -0.1) is 11.3 Å². The lowest BCUT2D eigenvalue weighted by Crippen LogP contribution is -2.14. The topological polar surface area (TPSA) is 103 Å². The highest BCUT2D eigenvalue weighted by Crippen LogP contribution is 2.25. The van der Waals surface area contributed by atoms with Gasteiger partial charge in [-0.25, -0.2) is 4.98 Å². The molecule has 0 fully saturated rings. The Hall–Kier alpha value is -2.29. The number of aromatic nitrogens is 3. The van der Waals surface area contributed by atoms with Crippen molar-refractivity contribution in [1.82, 2.24) is 14.8 Å². The van der Waals surface area contributed by atoms with Crippen LogP contribution in [-0.2, 0) is 7.05 Å². The minimum absolute atomic E-state index is 0.208. The Morgan fingerprint density at radius 1 is 1.40 bits per heavy atom. The number of anilines is 1. The van der Waals surface area contributed by atoms with E-state index < -0.39 is 10.8 Å². The Kier molecular flexibility index (Phi) is 3.53. The maximum atomic E-state index is 12.1. The summed E-state index contributed by atoms with van der Waals surface area (Å²) in [5, 5.41) is 17.9. The van der Waals surface area contributed by atoms with Crippen LogP contribution in [0.5, 0.6) is 0 Å². The molecule has 0 aliphatic heterocycles. The molecule has 2 aromatic rings. The summed E-state index contributed by atoms with van der Waals surface area (Å²) in [6, 6.07) is 0. The number of aryl methyl sites for hydroxylation is 3. The van der Waals surface area contributed by atoms with Gasteiger partial charge in [-0.3, -0.25) is 24.9 Å². The number of thiazole rings is 1. The van der Waals surface area contributed by atoms with Crippen LogP contribution in [0.3, 0.4) is 0 Å². The minimum Gasteiger partial charge on any atom is -0.296 e. The first-order chi connectivity index (χ1) is 9.31. The van der Waals surface area contributed by atoms with Crippen molar-refractivity contribution < 1.29 is 9.72 Å². The molecule has 0 spiro atoms. The van der Waals surface area contributed by atoms with E-state index in [0.717, 1.165) is 10.6 Å². The van der Waals surface area contributed by atoms with Crippen LogP contribution in [0.15, 0.2) is 0 Å². The van der Waals surface area contributed by atoms with Gasteiger partial charge >= 0.3 is 5.69 Å². The Bertz CT molecular complexity index is 684. The van der Waals surface area contributed by atoms with Gasteiger partial charge in [0.05, 0.1) is 10.6 Å². The number of carbonyl (C=O) groups excluding carboxylic acids is 1. The standard InChI is InChI=1S/C11H13N5O3S/c1-5-7(3)20-11(12-5)13-10(17)8-9(16(18)19)6(2)15(4)14-8/h1-4H3,(H,12,13,17). The number of carbonyl (C=O) groups is 1. The monoisotopic (exact) mass is 295 g/mol. The lowest BCUT2D eigenvalue weighted by atomic mass is 10.3. The predicted octanol–water partition coefficient (Wildman–Crippen LogP) is 1.96. The van der Waals surface area contributed by atoms with E-state index >= 15 is 0 Å². The summed E-state index contributed by atoms with van der Waals surface area (Å²) < 4.78 is 1.31. The molecule has 20 heavy (non-hydrogen) atoms. The normalized spacial score (nSPS) is 10.6. The third-order valence-corrected chi connectivity index (χ3v) is 3.94. The summed E-state index contributed by atoms with van der Waals surface area (Å²) in [7, 11) is 1.55. The fourth-order valence-corrected chi connectivity index (χ4v) is 2.46. The molecule has 0 saturated heterocycles. The van der Waals surface area contributed by atoms with Gasteiger partial charge in [-0.1, -0.05) is 0 Å². The van der Waals surface area contributed by atoms with Gasteiger partial charge in [0.2, 0.25) is 5.69 Å². The highest BCUT2D eigenvalue weighted by molar-refractivity contribution is 7.15. The van der Waals surface area contributed by atoms with E-state index in [2.05, 4.69) is 15.4 Å². The molecule has 0 atom stereocenters. The summed E-state index contributed by atoms with van der Waals surface area (Å²) in [5.74, 6) is -0.630. The van der Waals surface area contributed by atoms with E-state index in [1.807, 2.05) is 13.8 Å².